The summed E-state index contributed by atoms with van der Waals surface area (Å²) in [6.07, 6.45) is 2.70. The average molecular weight is 1900 g/mol. The van der Waals surface area contributed by atoms with Gasteiger partial charge < -0.3 is 95.4 Å². The molecular weight excluding hydrogens is 1790 g/mol. The highest BCUT2D eigenvalue weighted by Crippen LogP contribution is 2.46. The molecule has 0 N–H and O–H groups in total. The van der Waals surface area contributed by atoms with Gasteiger partial charge in [-0.05, 0) is 248 Å². The largest absolute Gasteiger partial charge is 0.497 e. The number of methoxy groups -OCH3 is 12. The maximum atomic E-state index is 13.7. The van der Waals surface area contributed by atoms with Crippen molar-refractivity contribution in [1.29, 1.82) is 0 Å². The molecule has 0 aliphatic carbocycles. The zero-order valence-corrected chi connectivity index (χ0v) is 78.5. The third kappa shape index (κ3) is 23.0. The molecule has 0 fully saturated rings. The first kappa shape index (κ1) is 95.9. The minimum absolute atomic E-state index is 0.0301. The normalized spacial score (nSPS) is 14.9. The molecule has 4 aliphatic rings. The van der Waals surface area contributed by atoms with E-state index in [1.54, 1.807) is 114 Å². The summed E-state index contributed by atoms with van der Waals surface area (Å²) in [7, 11) is 19.4. The molecule has 132 heavy (non-hydrogen) atoms. The molecule has 0 aromatic heterocycles. The molecule has 0 spiro atoms. The van der Waals surface area contributed by atoms with Crippen LogP contribution < -0.4 is 75.8 Å². The lowest BCUT2D eigenvalue weighted by atomic mass is 9.91. The van der Waals surface area contributed by atoms with Crippen LogP contribution in [0.1, 0.15) is 110 Å². The van der Waals surface area contributed by atoms with Crippen molar-refractivity contribution in [1.82, 2.24) is 19.6 Å². The van der Waals surface area contributed by atoms with E-state index in [1.807, 2.05) is 215 Å². The molecule has 4 amide bonds. The third-order valence-corrected chi connectivity index (χ3v) is 24.2. The molecule has 12 aromatic carbocycles. The molecule has 0 radical (unpaired) electrons. The van der Waals surface area contributed by atoms with Crippen molar-refractivity contribution >= 4 is 62.8 Å². The second kappa shape index (κ2) is 45.7. The summed E-state index contributed by atoms with van der Waals surface area (Å²) in [6.45, 7) is 3.16. The molecule has 28 heteroatoms. The first-order valence-electron chi connectivity index (χ1n) is 42.5. The van der Waals surface area contributed by atoms with Crippen LogP contribution in [0.2, 0.25) is 10.0 Å². The minimum Gasteiger partial charge on any atom is -0.497 e. The third-order valence-electron chi connectivity index (χ3n) is 23.2. The summed E-state index contributed by atoms with van der Waals surface area (Å²) >= 11 is 15.6. The Labute approximate surface area is 786 Å². The van der Waals surface area contributed by atoms with Gasteiger partial charge in [-0.15, -0.1) is 0 Å². The molecule has 0 saturated heterocycles. The van der Waals surface area contributed by atoms with Crippen LogP contribution in [-0.2, 0) is 25.7 Å². The lowest BCUT2D eigenvalue weighted by molar-refractivity contribution is 0.0579. The van der Waals surface area contributed by atoms with Crippen LogP contribution in [0.3, 0.4) is 0 Å². The standard InChI is InChI=1S/C26H26BrNO5.C26H25ClFNO5.C26H26ClNO5.C26H27NO5/c1-30-20-7-9-21(10-8-20)33-16-23-25-17(14-22(31-2)15-24(25)32-3)11-12-28(23)26(29)18-5-4-6-19(27)13-18;1-31-18-5-7-19(8-6-18)34-15-23-20-14-25(33-3)24(32-2)13-16(20)10-11-29(23)26(30)17-4-9-22(28)21(27)12-17;1-30-20-7-9-21(10-8-20)33-16-23-25-17(14-22(31-2)15-24(25)32-3)11-12-28(23)26(29)18-5-4-6-19(27)13-18;1-29-20-9-11-21(12-10-20)32-17-23-25-19(15-22(30-2)16-24(25)31-3)13-14-27(23)26(28)18-7-5-4-6-8-18/h4-10,13-15,23H,11-12,16H2,1-3H3;4-9,12-14,23H,10-11,15H2,1-3H3;4-10,13-15,23H,11-12,16H2,1-3H3;4-12,15-16,23H,13-14,17H2,1-3H3. The van der Waals surface area contributed by atoms with Gasteiger partial charge in [0.1, 0.15) is 113 Å². The number of nitrogens with zero attached hydrogens (tertiary/aromatic N) is 4. The van der Waals surface area contributed by atoms with E-state index in [-0.39, 0.29) is 66.6 Å². The Kier molecular flexibility index (Phi) is 33.2. The van der Waals surface area contributed by atoms with Crippen molar-refractivity contribution in [3.05, 3.63) is 330 Å². The van der Waals surface area contributed by atoms with Crippen molar-refractivity contribution in [3.63, 3.8) is 0 Å². The van der Waals surface area contributed by atoms with Gasteiger partial charge in [-0.2, -0.15) is 0 Å². The van der Waals surface area contributed by atoms with Crippen LogP contribution in [0, 0.1) is 5.82 Å². The second-order valence-corrected chi connectivity index (χ2v) is 32.4. The van der Waals surface area contributed by atoms with Gasteiger partial charge in [0.05, 0.1) is 115 Å². The topological polar surface area (TPSA) is 229 Å². The second-order valence-electron chi connectivity index (χ2n) is 30.6. The summed E-state index contributed by atoms with van der Waals surface area (Å²) in [5.41, 5.74) is 10.2. The Balaban J connectivity index is 0.000000150. The maximum absolute atomic E-state index is 13.7. The predicted octanol–water partition coefficient (Wildman–Crippen LogP) is 20.3. The van der Waals surface area contributed by atoms with E-state index in [0.717, 1.165) is 89.2 Å². The molecule has 4 aliphatic heterocycles. The van der Waals surface area contributed by atoms with Crippen molar-refractivity contribution in [3.8, 4) is 92.0 Å². The molecule has 24 nitrogen and oxygen atoms in total. The highest BCUT2D eigenvalue weighted by Gasteiger charge is 2.40. The van der Waals surface area contributed by atoms with Crippen LogP contribution in [0.15, 0.2) is 247 Å². The van der Waals surface area contributed by atoms with Gasteiger partial charge >= 0.3 is 0 Å². The Hall–Kier alpha value is -13.7. The lowest BCUT2D eigenvalue weighted by Crippen LogP contribution is -2.42. The van der Waals surface area contributed by atoms with E-state index in [2.05, 4.69) is 15.9 Å². The Bertz CT molecular complexity index is 5730. The van der Waals surface area contributed by atoms with Gasteiger partial charge in [0.25, 0.3) is 23.6 Å². The Morgan fingerprint density at radius 1 is 0.295 bits per heavy atom. The maximum Gasteiger partial charge on any atom is 0.254 e. The SMILES string of the molecule is COc1ccc(OCC2c3c(cc(OC)cc3OC)CCN2C(=O)c2cccc(Br)c2)cc1.COc1ccc(OCC2c3c(cc(OC)cc3OC)CCN2C(=O)c2cccc(Cl)c2)cc1.COc1ccc(OCC2c3c(cc(OC)cc3OC)CCN2C(=O)c2ccccc2)cc1.COc1ccc(OCC2c3cc(OC)c(OC)cc3CCN2C(=O)c2ccc(F)c(Cl)c2)cc1. The van der Waals surface area contributed by atoms with E-state index < -0.39 is 11.9 Å². The molecule has 0 bridgehead atoms. The quantitative estimate of drug-likeness (QED) is 0.0444. The average Bonchev–Trinajstić information content (AvgIpc) is 0.782. The minimum atomic E-state index is -0.571. The highest BCUT2D eigenvalue weighted by molar-refractivity contribution is 9.10. The van der Waals surface area contributed by atoms with Crippen LogP contribution in [0.25, 0.3) is 0 Å². The van der Waals surface area contributed by atoms with Crippen molar-refractivity contribution in [2.24, 2.45) is 0 Å². The first-order valence-corrected chi connectivity index (χ1v) is 44.0. The first-order chi connectivity index (χ1) is 64.1. The number of hydrogen-bond donors (Lipinski definition) is 0. The van der Waals surface area contributed by atoms with Crippen molar-refractivity contribution in [2.75, 3.05) is 138 Å². The fraction of sp³-hybridized carbons (Fsp3) is 0.269. The number of halogens is 4. The van der Waals surface area contributed by atoms with Gasteiger partial charge in [-0.1, -0.05) is 69.5 Å². The van der Waals surface area contributed by atoms with Crippen molar-refractivity contribution in [2.45, 2.75) is 49.9 Å². The summed E-state index contributed by atoms with van der Waals surface area (Å²) in [4.78, 5) is 61.3. The number of fused-ring (bicyclic) bond motifs is 4. The molecule has 4 atom stereocenters. The zero-order valence-electron chi connectivity index (χ0n) is 75.4. The van der Waals surface area contributed by atoms with Crippen LogP contribution in [-0.4, -0.2) is 181 Å². The fourth-order valence-electron chi connectivity index (χ4n) is 16.4. The van der Waals surface area contributed by atoms with Gasteiger partial charge in [-0.25, -0.2) is 4.39 Å². The summed E-state index contributed by atoms with van der Waals surface area (Å²) in [6, 6.07) is 71.1. The van der Waals surface area contributed by atoms with E-state index in [1.165, 1.54) is 18.2 Å². The molecule has 688 valence electrons. The molecular formula is C104H104BrCl2FN4O20. The van der Waals surface area contributed by atoms with Gasteiger partial charge in [-0.3, -0.25) is 19.2 Å². The molecule has 0 saturated carbocycles. The molecule has 4 heterocycles. The number of benzene rings is 12. The van der Waals surface area contributed by atoms with E-state index in [4.69, 9.17) is 99.0 Å². The van der Waals surface area contributed by atoms with E-state index in [0.29, 0.717) is 137 Å². The number of carbonyl (C=O) groups excluding carboxylic acids is 4. The van der Waals surface area contributed by atoms with Gasteiger partial charge in [0.2, 0.25) is 0 Å². The monoisotopic (exact) mass is 1900 g/mol. The fourth-order valence-corrected chi connectivity index (χ4v) is 17.2. The van der Waals surface area contributed by atoms with Crippen LogP contribution in [0.4, 0.5) is 4.39 Å². The predicted molar refractivity (Wildman–Crippen MR) is 506 cm³/mol. The van der Waals surface area contributed by atoms with E-state index >= 15 is 0 Å². The van der Waals surface area contributed by atoms with Crippen LogP contribution in [0.5, 0.6) is 92.0 Å². The molecule has 16 rings (SSSR count). The molecule has 4 unspecified atom stereocenters. The Morgan fingerprint density at radius 2 is 0.606 bits per heavy atom. The zero-order chi connectivity index (χ0) is 93.5. The number of amides is 4. The smallest absolute Gasteiger partial charge is 0.254 e. The van der Waals surface area contributed by atoms with Crippen LogP contribution >= 0.6 is 39.1 Å². The summed E-state index contributed by atoms with van der Waals surface area (Å²) in [5.74, 6) is 10.1. The van der Waals surface area contributed by atoms with E-state index in [9.17, 15) is 23.6 Å². The molecule has 12 aromatic rings. The van der Waals surface area contributed by atoms with Gasteiger partial charge in [0, 0.05) is 92.8 Å². The van der Waals surface area contributed by atoms with Crippen molar-refractivity contribution < 1.29 is 99.4 Å². The highest BCUT2D eigenvalue weighted by atomic mass is 79.9. The summed E-state index contributed by atoms with van der Waals surface area (Å²) in [5, 5.41) is 0.423. The number of carbonyl (C=O) groups is 4. The number of ether oxygens (including phenoxy) is 16. The number of hydrogen-bond acceptors (Lipinski definition) is 20. The lowest BCUT2D eigenvalue weighted by Gasteiger charge is -2.38. The van der Waals surface area contributed by atoms with Gasteiger partial charge in [0.15, 0.2) is 11.5 Å². The number of rotatable bonds is 28. The summed E-state index contributed by atoms with van der Waals surface area (Å²) < 4.78 is 104. The Morgan fingerprint density at radius 3 is 0.955 bits per heavy atom.